The lowest BCUT2D eigenvalue weighted by Gasteiger charge is -2.50. The van der Waals surface area contributed by atoms with Crippen LogP contribution in [0.5, 0.6) is 0 Å². The summed E-state index contributed by atoms with van der Waals surface area (Å²) in [7, 11) is 0. The first-order valence-corrected chi connectivity index (χ1v) is 11.1. The van der Waals surface area contributed by atoms with Crippen molar-refractivity contribution in [3.63, 3.8) is 0 Å². The van der Waals surface area contributed by atoms with Crippen LogP contribution in [0, 0.1) is 0 Å². The maximum absolute atomic E-state index is 6.41. The summed E-state index contributed by atoms with van der Waals surface area (Å²) < 4.78 is 0. The summed E-state index contributed by atoms with van der Waals surface area (Å²) in [6.45, 7) is 4.87. The largest absolute Gasteiger partial charge is 0.334 e. The smallest absolute Gasteiger partial charge is 0.0517 e. The summed E-state index contributed by atoms with van der Waals surface area (Å²) >= 11 is 12.8. The Morgan fingerprint density at radius 1 is 0.759 bits per heavy atom. The molecule has 1 aliphatic heterocycles. The van der Waals surface area contributed by atoms with Crippen molar-refractivity contribution in [2.75, 3.05) is 4.90 Å². The number of hydrogen-bond acceptors (Lipinski definition) is 1. The number of nitrogens with zero attached hydrogens (tertiary/aromatic N) is 1. The first-order chi connectivity index (χ1) is 13.9. The van der Waals surface area contributed by atoms with E-state index in [0.717, 1.165) is 12.1 Å². The maximum atomic E-state index is 6.41. The zero-order chi connectivity index (χ0) is 20.2. The van der Waals surface area contributed by atoms with Crippen LogP contribution in [-0.4, -0.2) is 5.54 Å². The summed E-state index contributed by atoms with van der Waals surface area (Å²) in [4.78, 5) is 2.51. The van der Waals surface area contributed by atoms with Crippen LogP contribution in [0.2, 0.25) is 10.0 Å². The highest BCUT2D eigenvalue weighted by molar-refractivity contribution is 6.35. The molecule has 0 spiro atoms. The summed E-state index contributed by atoms with van der Waals surface area (Å²) in [6.07, 6.45) is 4.87. The maximum Gasteiger partial charge on any atom is 0.0517 e. The third kappa shape index (κ3) is 2.82. The van der Waals surface area contributed by atoms with E-state index in [1.54, 1.807) is 0 Å². The Morgan fingerprint density at radius 2 is 1.45 bits per heavy atom. The van der Waals surface area contributed by atoms with Gasteiger partial charge in [-0.25, -0.2) is 0 Å². The molecule has 29 heavy (non-hydrogen) atoms. The molecule has 0 amide bonds. The van der Waals surface area contributed by atoms with Gasteiger partial charge in [-0.1, -0.05) is 79.4 Å². The van der Waals surface area contributed by atoms with Crippen LogP contribution in [0.1, 0.15) is 45.1 Å². The Balaban J connectivity index is 1.74. The molecule has 1 fully saturated rings. The molecule has 0 radical (unpaired) electrons. The molecule has 2 unspecified atom stereocenters. The van der Waals surface area contributed by atoms with Gasteiger partial charge in [0.05, 0.1) is 5.54 Å². The summed E-state index contributed by atoms with van der Waals surface area (Å²) in [5.74, 6) is 0. The van der Waals surface area contributed by atoms with Crippen LogP contribution in [-0.2, 0) is 5.41 Å². The van der Waals surface area contributed by atoms with Gasteiger partial charge in [0.15, 0.2) is 0 Å². The topological polar surface area (TPSA) is 3.24 Å². The van der Waals surface area contributed by atoms with Gasteiger partial charge in [-0.2, -0.15) is 0 Å². The molecule has 3 aromatic carbocycles. The number of anilines is 2. The van der Waals surface area contributed by atoms with E-state index in [2.05, 4.69) is 67.3 Å². The third-order valence-electron chi connectivity index (χ3n) is 7.32. The number of rotatable bonds is 2. The molecule has 1 heterocycles. The fourth-order valence-electron chi connectivity index (χ4n) is 5.62. The van der Waals surface area contributed by atoms with Crippen LogP contribution in [0.25, 0.3) is 11.1 Å². The molecular formula is C26H25Cl2N. The fourth-order valence-corrected chi connectivity index (χ4v) is 6.13. The van der Waals surface area contributed by atoms with Crippen molar-refractivity contribution in [3.05, 3.63) is 82.3 Å². The van der Waals surface area contributed by atoms with E-state index in [1.165, 1.54) is 41.6 Å². The van der Waals surface area contributed by atoms with Gasteiger partial charge in [0.1, 0.15) is 0 Å². The Hall–Kier alpha value is -1.96. The predicted octanol–water partition coefficient (Wildman–Crippen LogP) is 8.40. The summed E-state index contributed by atoms with van der Waals surface area (Å²) in [6, 6.07) is 23.5. The zero-order valence-corrected chi connectivity index (χ0v) is 18.4. The normalized spacial score (nSPS) is 25.6. The van der Waals surface area contributed by atoms with E-state index >= 15 is 0 Å². The Labute approximate surface area is 183 Å². The molecule has 0 bridgehead atoms. The van der Waals surface area contributed by atoms with Crippen molar-refractivity contribution in [3.8, 4) is 11.1 Å². The van der Waals surface area contributed by atoms with E-state index in [1.807, 2.05) is 18.2 Å². The van der Waals surface area contributed by atoms with E-state index in [4.69, 9.17) is 23.2 Å². The predicted molar refractivity (Wildman–Crippen MR) is 125 cm³/mol. The molecule has 0 aromatic heterocycles. The summed E-state index contributed by atoms with van der Waals surface area (Å²) in [5, 5.41) is 1.37. The number of fused-ring (bicyclic) bond motifs is 3. The summed E-state index contributed by atoms with van der Waals surface area (Å²) in [5.41, 5.74) is 6.44. The highest BCUT2D eigenvalue weighted by Crippen LogP contribution is 2.61. The van der Waals surface area contributed by atoms with E-state index in [-0.39, 0.29) is 11.0 Å². The van der Waals surface area contributed by atoms with Gasteiger partial charge in [-0.3, -0.25) is 0 Å². The minimum Gasteiger partial charge on any atom is -0.334 e. The first kappa shape index (κ1) is 19.0. The highest BCUT2D eigenvalue weighted by Gasteiger charge is 2.57. The molecule has 148 valence electrons. The average molecular weight is 422 g/mol. The van der Waals surface area contributed by atoms with E-state index in [9.17, 15) is 0 Å². The van der Waals surface area contributed by atoms with Gasteiger partial charge in [-0.05, 0) is 66.8 Å². The van der Waals surface area contributed by atoms with E-state index < -0.39 is 0 Å². The molecule has 1 nitrogen and oxygen atoms in total. The average Bonchev–Trinajstić information content (AvgIpc) is 2.91. The van der Waals surface area contributed by atoms with Crippen LogP contribution >= 0.6 is 23.2 Å². The number of halogens is 2. The molecule has 1 saturated carbocycles. The van der Waals surface area contributed by atoms with Crippen LogP contribution < -0.4 is 4.90 Å². The molecule has 2 atom stereocenters. The van der Waals surface area contributed by atoms with Crippen LogP contribution in [0.3, 0.4) is 0 Å². The SMILES string of the molecule is CC12CCCCC1(C)N(c1cc(Cl)cc(Cl)c1)c1ccc(-c3ccccc3)cc12. The van der Waals surface area contributed by atoms with Crippen molar-refractivity contribution in [1.29, 1.82) is 0 Å². The minimum atomic E-state index is -0.00307. The number of hydrogen-bond donors (Lipinski definition) is 0. The first-order valence-electron chi connectivity index (χ1n) is 10.4. The molecular weight excluding hydrogens is 397 g/mol. The Bertz CT molecular complexity index is 1060. The van der Waals surface area contributed by atoms with Crippen molar-refractivity contribution in [2.24, 2.45) is 0 Å². The standard InChI is InChI=1S/C26H25Cl2N/c1-25-12-6-7-13-26(25,2)29(22-16-20(27)15-21(28)17-22)24-11-10-19(14-23(24)25)18-8-4-3-5-9-18/h3-5,8-11,14-17H,6-7,12-13H2,1-2H3. The molecule has 1 aliphatic carbocycles. The highest BCUT2D eigenvalue weighted by atomic mass is 35.5. The minimum absolute atomic E-state index is 0.00307. The molecule has 0 saturated heterocycles. The second-order valence-electron chi connectivity index (χ2n) is 8.87. The van der Waals surface area contributed by atoms with Crippen molar-refractivity contribution in [1.82, 2.24) is 0 Å². The third-order valence-corrected chi connectivity index (χ3v) is 7.75. The van der Waals surface area contributed by atoms with Crippen LogP contribution in [0.15, 0.2) is 66.7 Å². The molecule has 0 N–H and O–H groups in total. The lowest BCUT2D eigenvalue weighted by molar-refractivity contribution is 0.195. The van der Waals surface area contributed by atoms with Crippen molar-refractivity contribution < 1.29 is 0 Å². The fraction of sp³-hybridized carbons (Fsp3) is 0.308. The monoisotopic (exact) mass is 421 g/mol. The van der Waals surface area contributed by atoms with Gasteiger partial charge in [0.25, 0.3) is 0 Å². The van der Waals surface area contributed by atoms with Crippen LogP contribution in [0.4, 0.5) is 11.4 Å². The quantitative estimate of drug-likeness (QED) is 0.401. The second kappa shape index (κ2) is 6.79. The van der Waals surface area contributed by atoms with E-state index in [0.29, 0.717) is 10.0 Å². The van der Waals surface area contributed by atoms with Gasteiger partial charge >= 0.3 is 0 Å². The molecule has 3 heteroatoms. The molecule has 5 rings (SSSR count). The lowest BCUT2D eigenvalue weighted by atomic mass is 9.61. The van der Waals surface area contributed by atoms with Gasteiger partial charge in [-0.15, -0.1) is 0 Å². The Morgan fingerprint density at radius 3 is 2.17 bits per heavy atom. The molecule has 3 aromatic rings. The van der Waals surface area contributed by atoms with Gasteiger partial charge in [0.2, 0.25) is 0 Å². The van der Waals surface area contributed by atoms with Crippen molar-refractivity contribution >= 4 is 34.6 Å². The van der Waals surface area contributed by atoms with Gasteiger partial charge < -0.3 is 4.90 Å². The number of benzene rings is 3. The molecule has 2 aliphatic rings. The zero-order valence-electron chi connectivity index (χ0n) is 16.9. The lowest BCUT2D eigenvalue weighted by Crippen LogP contribution is -2.54. The Kier molecular flexibility index (Phi) is 4.46. The van der Waals surface area contributed by atoms with Crippen molar-refractivity contribution in [2.45, 2.75) is 50.5 Å². The second-order valence-corrected chi connectivity index (χ2v) is 9.75. The van der Waals surface area contributed by atoms with Gasteiger partial charge in [0, 0.05) is 26.8 Å².